The van der Waals surface area contributed by atoms with Crippen LogP contribution in [0.4, 0.5) is 11.4 Å². The first-order chi connectivity index (χ1) is 6.68. The molecule has 1 saturated heterocycles. The Bertz CT molecular complexity index is 320. The maximum absolute atomic E-state index is 6.07. The molecule has 2 N–H and O–H groups in total. The second-order valence-corrected chi connectivity index (χ2v) is 4.31. The van der Waals surface area contributed by atoms with Gasteiger partial charge < -0.3 is 10.6 Å². The highest BCUT2D eigenvalue weighted by molar-refractivity contribution is 6.33. The minimum Gasteiger partial charge on any atom is -0.396 e. The minimum atomic E-state index is 0.652. The molecule has 1 aromatic rings. The van der Waals surface area contributed by atoms with Gasteiger partial charge in [-0.3, -0.25) is 4.98 Å². The van der Waals surface area contributed by atoms with E-state index < -0.39 is 0 Å². The van der Waals surface area contributed by atoms with E-state index in [9.17, 15) is 0 Å². The van der Waals surface area contributed by atoms with Crippen molar-refractivity contribution < 1.29 is 0 Å². The van der Waals surface area contributed by atoms with Crippen LogP contribution in [0.2, 0.25) is 5.02 Å². The third kappa shape index (κ3) is 1.64. The van der Waals surface area contributed by atoms with E-state index in [4.69, 9.17) is 17.3 Å². The van der Waals surface area contributed by atoms with Crippen LogP contribution in [-0.4, -0.2) is 18.1 Å². The van der Waals surface area contributed by atoms with E-state index in [0.29, 0.717) is 10.7 Å². The lowest BCUT2D eigenvalue weighted by Crippen LogP contribution is -2.20. The number of nitrogen functional groups attached to an aromatic ring is 1. The highest BCUT2D eigenvalue weighted by Gasteiger charge is 2.22. The molecule has 1 aromatic heterocycles. The van der Waals surface area contributed by atoms with Crippen LogP contribution in [0.5, 0.6) is 0 Å². The molecule has 0 bridgehead atoms. The largest absolute Gasteiger partial charge is 0.396 e. The number of anilines is 2. The topological polar surface area (TPSA) is 42.1 Å². The molecule has 1 aliphatic rings. The molecule has 0 saturated carbocycles. The fourth-order valence-electron chi connectivity index (χ4n) is 1.91. The molecule has 76 valence electrons. The molecular weight excluding hydrogens is 198 g/mol. The highest BCUT2D eigenvalue weighted by Crippen LogP contribution is 2.34. The standard InChI is InChI=1S/C10H14ClN3/c1-7-2-3-14(6-7)10-8(11)4-13-5-9(10)12/h4-5,7H,2-3,6,12H2,1H3. The lowest BCUT2D eigenvalue weighted by molar-refractivity contribution is 0.659. The van der Waals surface area contributed by atoms with Gasteiger partial charge in [0.05, 0.1) is 22.6 Å². The number of pyridine rings is 1. The van der Waals surface area contributed by atoms with Crippen molar-refractivity contribution in [2.45, 2.75) is 13.3 Å². The van der Waals surface area contributed by atoms with E-state index in [1.54, 1.807) is 12.4 Å². The van der Waals surface area contributed by atoms with Gasteiger partial charge in [-0.25, -0.2) is 0 Å². The first-order valence-electron chi connectivity index (χ1n) is 4.82. The zero-order chi connectivity index (χ0) is 10.1. The van der Waals surface area contributed by atoms with Gasteiger partial charge >= 0.3 is 0 Å². The van der Waals surface area contributed by atoms with Crippen molar-refractivity contribution >= 4 is 23.0 Å². The number of rotatable bonds is 1. The van der Waals surface area contributed by atoms with Gasteiger partial charge in [-0.15, -0.1) is 0 Å². The molecule has 3 nitrogen and oxygen atoms in total. The van der Waals surface area contributed by atoms with Gasteiger partial charge in [0.1, 0.15) is 0 Å². The Morgan fingerprint density at radius 3 is 2.93 bits per heavy atom. The van der Waals surface area contributed by atoms with E-state index in [1.807, 2.05) is 0 Å². The van der Waals surface area contributed by atoms with Crippen molar-refractivity contribution in [2.75, 3.05) is 23.7 Å². The summed E-state index contributed by atoms with van der Waals surface area (Å²) in [4.78, 5) is 6.19. The maximum Gasteiger partial charge on any atom is 0.0843 e. The van der Waals surface area contributed by atoms with Gasteiger partial charge in [0.2, 0.25) is 0 Å². The SMILES string of the molecule is CC1CCN(c2c(N)cncc2Cl)C1. The normalized spacial score (nSPS) is 21.6. The van der Waals surface area contributed by atoms with Crippen LogP contribution in [0.15, 0.2) is 12.4 Å². The van der Waals surface area contributed by atoms with E-state index in [1.165, 1.54) is 6.42 Å². The van der Waals surface area contributed by atoms with E-state index in [-0.39, 0.29) is 0 Å². The Kier molecular flexibility index (Phi) is 2.50. The third-order valence-electron chi connectivity index (χ3n) is 2.64. The summed E-state index contributed by atoms with van der Waals surface area (Å²) in [5.74, 6) is 0.721. The maximum atomic E-state index is 6.07. The third-order valence-corrected chi connectivity index (χ3v) is 2.92. The lowest BCUT2D eigenvalue weighted by atomic mass is 10.2. The Hall–Kier alpha value is -0.960. The van der Waals surface area contributed by atoms with Crippen molar-refractivity contribution in [1.29, 1.82) is 0 Å². The van der Waals surface area contributed by atoms with Crippen molar-refractivity contribution in [1.82, 2.24) is 4.98 Å². The molecule has 0 radical (unpaired) electrons. The van der Waals surface area contributed by atoms with Crippen molar-refractivity contribution in [2.24, 2.45) is 5.92 Å². The first-order valence-corrected chi connectivity index (χ1v) is 5.20. The van der Waals surface area contributed by atoms with Crippen LogP contribution >= 0.6 is 11.6 Å². The van der Waals surface area contributed by atoms with Crippen molar-refractivity contribution in [3.63, 3.8) is 0 Å². The van der Waals surface area contributed by atoms with E-state index in [2.05, 4.69) is 16.8 Å². The Balaban J connectivity index is 2.31. The van der Waals surface area contributed by atoms with Gasteiger partial charge in [0.25, 0.3) is 0 Å². The van der Waals surface area contributed by atoms with Gasteiger partial charge in [0, 0.05) is 19.3 Å². The van der Waals surface area contributed by atoms with Gasteiger partial charge in [0.15, 0.2) is 0 Å². The molecule has 0 aromatic carbocycles. The molecule has 1 aliphatic heterocycles. The predicted molar refractivity (Wildman–Crippen MR) is 59.7 cm³/mol. The van der Waals surface area contributed by atoms with Gasteiger partial charge in [-0.2, -0.15) is 0 Å². The molecular formula is C10H14ClN3. The summed E-state index contributed by atoms with van der Waals surface area (Å²) in [7, 11) is 0. The number of halogens is 1. The van der Waals surface area contributed by atoms with Crippen LogP contribution in [0.25, 0.3) is 0 Å². The fourth-order valence-corrected chi connectivity index (χ4v) is 2.20. The highest BCUT2D eigenvalue weighted by atomic mass is 35.5. The number of hydrogen-bond donors (Lipinski definition) is 1. The van der Waals surface area contributed by atoms with E-state index >= 15 is 0 Å². The smallest absolute Gasteiger partial charge is 0.0843 e. The lowest BCUT2D eigenvalue weighted by Gasteiger charge is -2.20. The fraction of sp³-hybridized carbons (Fsp3) is 0.500. The van der Waals surface area contributed by atoms with Crippen LogP contribution < -0.4 is 10.6 Å². The quantitative estimate of drug-likeness (QED) is 0.774. The number of nitrogens with two attached hydrogens (primary N) is 1. The summed E-state index contributed by atoms with van der Waals surface area (Å²) in [6.07, 6.45) is 4.51. The molecule has 0 spiro atoms. The zero-order valence-corrected chi connectivity index (χ0v) is 8.96. The minimum absolute atomic E-state index is 0.652. The van der Waals surface area contributed by atoms with Crippen LogP contribution in [0.1, 0.15) is 13.3 Å². The number of nitrogens with zero attached hydrogens (tertiary/aromatic N) is 2. The molecule has 1 atom stereocenters. The summed E-state index contributed by atoms with van der Waals surface area (Å²) < 4.78 is 0. The number of hydrogen-bond acceptors (Lipinski definition) is 3. The second-order valence-electron chi connectivity index (χ2n) is 3.90. The monoisotopic (exact) mass is 211 g/mol. The molecule has 1 fully saturated rings. The summed E-state index contributed by atoms with van der Waals surface area (Å²) in [6, 6.07) is 0. The van der Waals surface area contributed by atoms with Crippen molar-refractivity contribution in [3.05, 3.63) is 17.4 Å². The van der Waals surface area contributed by atoms with Crippen LogP contribution in [-0.2, 0) is 0 Å². The second kappa shape index (κ2) is 3.65. The molecule has 2 heterocycles. The Labute approximate surface area is 88.9 Å². The van der Waals surface area contributed by atoms with Gasteiger partial charge in [-0.1, -0.05) is 18.5 Å². The summed E-state index contributed by atoms with van der Waals surface area (Å²) in [5.41, 5.74) is 7.48. The summed E-state index contributed by atoms with van der Waals surface area (Å²) in [6.45, 7) is 4.31. The first kappa shape index (κ1) is 9.59. The van der Waals surface area contributed by atoms with Gasteiger partial charge in [-0.05, 0) is 12.3 Å². The summed E-state index contributed by atoms with van der Waals surface area (Å²) in [5, 5.41) is 0.652. The Morgan fingerprint density at radius 2 is 2.36 bits per heavy atom. The predicted octanol–water partition coefficient (Wildman–Crippen LogP) is 2.16. The van der Waals surface area contributed by atoms with Crippen molar-refractivity contribution in [3.8, 4) is 0 Å². The average Bonchev–Trinajstić information content (AvgIpc) is 2.51. The molecule has 1 unspecified atom stereocenters. The van der Waals surface area contributed by atoms with Crippen LogP contribution in [0.3, 0.4) is 0 Å². The molecule has 0 amide bonds. The zero-order valence-electron chi connectivity index (χ0n) is 8.20. The Morgan fingerprint density at radius 1 is 1.57 bits per heavy atom. The van der Waals surface area contributed by atoms with Crippen LogP contribution in [0, 0.1) is 5.92 Å². The molecule has 0 aliphatic carbocycles. The summed E-state index contributed by atoms with van der Waals surface area (Å²) >= 11 is 6.07. The molecule has 4 heteroatoms. The average molecular weight is 212 g/mol. The molecule has 14 heavy (non-hydrogen) atoms. The number of aromatic nitrogens is 1. The molecule has 2 rings (SSSR count). The van der Waals surface area contributed by atoms with E-state index in [0.717, 1.165) is 24.7 Å².